The van der Waals surface area contributed by atoms with Crippen molar-refractivity contribution in [3.05, 3.63) is 75.7 Å². The van der Waals surface area contributed by atoms with Crippen LogP contribution in [0.2, 0.25) is 0 Å². The summed E-state index contributed by atoms with van der Waals surface area (Å²) < 4.78 is 7.92. The number of hydrogen-bond acceptors (Lipinski definition) is 4. The van der Waals surface area contributed by atoms with Gasteiger partial charge in [0.2, 0.25) is 5.91 Å². The van der Waals surface area contributed by atoms with Gasteiger partial charge in [0.15, 0.2) is 0 Å². The van der Waals surface area contributed by atoms with E-state index in [2.05, 4.69) is 16.6 Å². The Balaban J connectivity index is 2.16. The van der Waals surface area contributed by atoms with E-state index < -0.39 is 5.91 Å². The Morgan fingerprint density at radius 1 is 1.11 bits per heavy atom. The van der Waals surface area contributed by atoms with Gasteiger partial charge in [-0.25, -0.2) is 0 Å². The van der Waals surface area contributed by atoms with Gasteiger partial charge >= 0.3 is 0 Å². The Bertz CT molecular complexity index is 1430. The number of para-hydroxylation sites is 1. The number of carbonyl (C=O) groups is 2. The molecule has 38 heavy (non-hydrogen) atoms. The number of amides is 2. The molecule has 7 nitrogen and oxygen atoms in total. The Hall–Kier alpha value is -4.31. The summed E-state index contributed by atoms with van der Waals surface area (Å²) in [6.07, 6.45) is 7.27. The van der Waals surface area contributed by atoms with Gasteiger partial charge in [0, 0.05) is 48.1 Å². The first-order chi connectivity index (χ1) is 18.0. The summed E-state index contributed by atoms with van der Waals surface area (Å²) in [5, 5.41) is 5.56. The van der Waals surface area contributed by atoms with Crippen LogP contribution in [0.3, 0.4) is 0 Å². The predicted molar refractivity (Wildman–Crippen MR) is 151 cm³/mol. The van der Waals surface area contributed by atoms with Crippen molar-refractivity contribution in [2.24, 2.45) is 18.9 Å². The van der Waals surface area contributed by atoms with E-state index in [4.69, 9.17) is 11.2 Å². The third-order valence-electron chi connectivity index (χ3n) is 6.49. The zero-order chi connectivity index (χ0) is 28.0. The molecule has 1 atom stereocenters. The fourth-order valence-electron chi connectivity index (χ4n) is 4.41. The second kappa shape index (κ2) is 12.3. The summed E-state index contributed by atoms with van der Waals surface area (Å²) in [5.74, 6) is 2.38. The molecule has 0 aliphatic carbocycles. The minimum atomic E-state index is -0.567. The number of pyridine rings is 1. The fourth-order valence-corrected chi connectivity index (χ4v) is 4.41. The van der Waals surface area contributed by atoms with Gasteiger partial charge in [-0.05, 0) is 74.4 Å². The second-order valence-electron chi connectivity index (χ2n) is 9.75. The van der Waals surface area contributed by atoms with E-state index in [1.807, 2.05) is 52.8 Å². The molecular formula is C31H35N3O4. The fraction of sp³-hybridized carbons (Fsp3) is 0.323. The minimum Gasteiger partial charge on any atom is -0.456 e. The van der Waals surface area contributed by atoms with Gasteiger partial charge in [-0.2, -0.15) is 0 Å². The highest BCUT2D eigenvalue weighted by molar-refractivity contribution is 6.04. The number of rotatable bonds is 9. The molecule has 3 aromatic rings. The molecular weight excluding hydrogens is 478 g/mol. The van der Waals surface area contributed by atoms with Gasteiger partial charge in [-0.3, -0.25) is 14.4 Å². The molecule has 198 valence electrons. The van der Waals surface area contributed by atoms with Gasteiger partial charge in [-0.15, -0.1) is 6.42 Å². The summed E-state index contributed by atoms with van der Waals surface area (Å²) in [4.78, 5) is 37.8. The van der Waals surface area contributed by atoms with Gasteiger partial charge in [-0.1, -0.05) is 32.0 Å². The molecule has 0 fully saturated rings. The average molecular weight is 514 g/mol. The Morgan fingerprint density at radius 2 is 1.79 bits per heavy atom. The van der Waals surface area contributed by atoms with Crippen LogP contribution in [0.15, 0.2) is 53.5 Å². The highest BCUT2D eigenvalue weighted by atomic mass is 16.5. The topological polar surface area (TPSA) is 89.4 Å². The summed E-state index contributed by atoms with van der Waals surface area (Å²) in [6.45, 7) is 10.3. The first-order valence-corrected chi connectivity index (χ1v) is 12.7. The smallest absolute Gasteiger partial charge is 0.300 e. The van der Waals surface area contributed by atoms with Crippen molar-refractivity contribution in [3.8, 4) is 35.0 Å². The maximum atomic E-state index is 13.1. The predicted octanol–water partition coefficient (Wildman–Crippen LogP) is 4.98. The molecule has 0 saturated carbocycles. The van der Waals surface area contributed by atoms with Gasteiger partial charge in [0.05, 0.1) is 0 Å². The van der Waals surface area contributed by atoms with Crippen LogP contribution in [0.4, 0.5) is 5.69 Å². The molecule has 2 N–H and O–H groups in total. The number of aromatic nitrogens is 1. The first-order valence-electron chi connectivity index (χ1n) is 12.7. The van der Waals surface area contributed by atoms with E-state index in [0.29, 0.717) is 41.1 Å². The lowest BCUT2D eigenvalue weighted by molar-refractivity contribution is -0.126. The van der Waals surface area contributed by atoms with Crippen molar-refractivity contribution in [1.82, 2.24) is 9.88 Å². The number of hydrogen-bond donors (Lipinski definition) is 2. The number of terminal acetylenes is 1. The van der Waals surface area contributed by atoms with Crippen LogP contribution in [0.5, 0.6) is 11.5 Å². The molecule has 1 aromatic heterocycles. The largest absolute Gasteiger partial charge is 0.456 e. The number of nitrogens with one attached hydrogen (secondary N) is 2. The lowest BCUT2D eigenvalue weighted by Crippen LogP contribution is -2.36. The van der Waals surface area contributed by atoms with Crippen molar-refractivity contribution in [2.45, 2.75) is 41.0 Å². The first kappa shape index (κ1) is 28.3. The molecule has 2 aromatic carbocycles. The van der Waals surface area contributed by atoms with Crippen molar-refractivity contribution in [3.63, 3.8) is 0 Å². The lowest BCUT2D eigenvalue weighted by atomic mass is 9.88. The zero-order valence-electron chi connectivity index (χ0n) is 22.8. The van der Waals surface area contributed by atoms with Gasteiger partial charge < -0.3 is 19.9 Å². The Morgan fingerprint density at radius 3 is 2.39 bits per heavy atom. The van der Waals surface area contributed by atoms with Gasteiger partial charge in [0.1, 0.15) is 11.5 Å². The van der Waals surface area contributed by atoms with E-state index in [1.54, 1.807) is 37.5 Å². The molecule has 1 heterocycles. The second-order valence-corrected chi connectivity index (χ2v) is 9.75. The number of carbonyl (C=O) groups excluding carboxylic acids is 2. The van der Waals surface area contributed by atoms with Crippen molar-refractivity contribution < 1.29 is 14.3 Å². The van der Waals surface area contributed by atoms with Crippen molar-refractivity contribution >= 4 is 17.5 Å². The summed E-state index contributed by atoms with van der Waals surface area (Å²) >= 11 is 0. The van der Waals surface area contributed by atoms with Crippen LogP contribution < -0.4 is 20.9 Å². The van der Waals surface area contributed by atoms with Crippen LogP contribution in [0.1, 0.15) is 37.5 Å². The van der Waals surface area contributed by atoms with Crippen molar-refractivity contribution in [2.75, 3.05) is 11.9 Å². The summed E-state index contributed by atoms with van der Waals surface area (Å²) in [5.41, 5.74) is 4.17. The number of benzene rings is 2. The van der Waals surface area contributed by atoms with Gasteiger partial charge in [0.25, 0.3) is 11.5 Å². The Kier molecular flexibility index (Phi) is 9.14. The quantitative estimate of drug-likeness (QED) is 0.395. The summed E-state index contributed by atoms with van der Waals surface area (Å²) in [7, 11) is 1.68. The standard InChI is InChI=1S/C31H35N3O4/c1-8-28(35)33-24-13-14-27(38-29-20(5)11-10-12-21(29)6)26(17-24)23-15-22(31(37)34(7)18-23)16-25(19(3)4)30(36)32-9-2/h1,10-15,17-19,25H,9,16H2,2-7H3,(H,32,36)(H,33,35)/t25-/m1/s1. The van der Waals surface area contributed by atoms with Crippen LogP contribution >= 0.6 is 0 Å². The molecule has 0 spiro atoms. The third-order valence-corrected chi connectivity index (χ3v) is 6.49. The molecule has 2 amide bonds. The van der Waals surface area contributed by atoms with E-state index >= 15 is 0 Å². The van der Waals surface area contributed by atoms with Crippen LogP contribution in [-0.4, -0.2) is 22.9 Å². The maximum Gasteiger partial charge on any atom is 0.300 e. The number of anilines is 1. The normalized spacial score (nSPS) is 11.5. The Labute approximate surface area is 224 Å². The van der Waals surface area contributed by atoms with E-state index in [0.717, 1.165) is 16.9 Å². The van der Waals surface area contributed by atoms with Crippen LogP contribution in [-0.2, 0) is 23.1 Å². The number of nitrogens with zero attached hydrogens (tertiary/aromatic N) is 1. The molecule has 0 radical (unpaired) electrons. The van der Waals surface area contributed by atoms with E-state index in [9.17, 15) is 14.4 Å². The van der Waals surface area contributed by atoms with Crippen LogP contribution in [0, 0.1) is 38.0 Å². The minimum absolute atomic E-state index is 0.0418. The monoisotopic (exact) mass is 513 g/mol. The molecule has 7 heteroatoms. The molecule has 0 aliphatic rings. The molecule has 0 aliphatic heterocycles. The average Bonchev–Trinajstić information content (AvgIpc) is 2.87. The van der Waals surface area contributed by atoms with Crippen LogP contribution in [0.25, 0.3) is 11.1 Å². The van der Waals surface area contributed by atoms with E-state index in [1.165, 1.54) is 4.57 Å². The van der Waals surface area contributed by atoms with E-state index in [-0.39, 0.29) is 23.3 Å². The SMILES string of the molecule is C#CC(=O)Nc1ccc(Oc2c(C)cccc2C)c(-c2cc(C[C@@H](C(=O)NCC)C(C)C)c(=O)n(C)c2)c1. The highest BCUT2D eigenvalue weighted by Crippen LogP contribution is 2.38. The third kappa shape index (κ3) is 6.51. The lowest BCUT2D eigenvalue weighted by Gasteiger charge is -2.21. The molecule has 3 rings (SSSR count). The molecule has 0 bridgehead atoms. The number of ether oxygens (including phenoxy) is 1. The maximum absolute atomic E-state index is 13.1. The number of aryl methyl sites for hydroxylation is 3. The zero-order valence-corrected chi connectivity index (χ0v) is 22.8. The molecule has 0 unspecified atom stereocenters. The molecule has 0 saturated heterocycles. The van der Waals surface area contributed by atoms with Crippen molar-refractivity contribution in [1.29, 1.82) is 0 Å². The highest BCUT2D eigenvalue weighted by Gasteiger charge is 2.24. The summed E-state index contributed by atoms with van der Waals surface area (Å²) in [6, 6.07) is 13.0.